The molecule has 0 saturated carbocycles. The van der Waals surface area contributed by atoms with E-state index in [1.54, 1.807) is 30.3 Å². The van der Waals surface area contributed by atoms with Crippen LogP contribution in [0, 0.1) is 5.82 Å². The van der Waals surface area contributed by atoms with Crippen LogP contribution in [-0.4, -0.2) is 12.1 Å². The molecule has 0 saturated heterocycles. The number of benzene rings is 3. The first-order chi connectivity index (χ1) is 13.2. The van der Waals surface area contributed by atoms with Gasteiger partial charge in [-0.25, -0.2) is 9.82 Å². The van der Waals surface area contributed by atoms with Crippen molar-refractivity contribution in [1.82, 2.24) is 5.43 Å². The van der Waals surface area contributed by atoms with Crippen molar-refractivity contribution < 1.29 is 13.6 Å². The summed E-state index contributed by atoms with van der Waals surface area (Å²) >= 11 is 0. The van der Waals surface area contributed by atoms with Crippen molar-refractivity contribution >= 4 is 22.9 Å². The number of halogens is 1. The smallest absolute Gasteiger partial charge is 0.271 e. The van der Waals surface area contributed by atoms with Gasteiger partial charge in [0.25, 0.3) is 5.91 Å². The Bertz CT molecular complexity index is 1130. The number of amides is 1. The summed E-state index contributed by atoms with van der Waals surface area (Å²) in [5.74, 6) is 0.469. The van der Waals surface area contributed by atoms with E-state index >= 15 is 0 Å². The Morgan fingerprint density at radius 1 is 0.926 bits per heavy atom. The molecule has 0 atom stereocenters. The third-order valence-electron chi connectivity index (χ3n) is 4.13. The highest BCUT2D eigenvalue weighted by Gasteiger charge is 2.06. The third-order valence-corrected chi connectivity index (χ3v) is 4.13. The fourth-order valence-electron chi connectivity index (χ4n) is 2.74. The maximum Gasteiger partial charge on any atom is 0.271 e. The Balaban J connectivity index is 1.44. The lowest BCUT2D eigenvalue weighted by atomic mass is 10.1. The summed E-state index contributed by atoms with van der Waals surface area (Å²) in [6.45, 7) is 0. The Morgan fingerprint density at radius 2 is 1.70 bits per heavy atom. The van der Waals surface area contributed by atoms with Crippen molar-refractivity contribution in [1.29, 1.82) is 0 Å². The molecule has 0 aliphatic carbocycles. The molecule has 132 valence electrons. The first-order valence-corrected chi connectivity index (χ1v) is 8.37. The van der Waals surface area contributed by atoms with Gasteiger partial charge in [-0.1, -0.05) is 30.3 Å². The topological polar surface area (TPSA) is 54.6 Å². The summed E-state index contributed by atoms with van der Waals surface area (Å²) in [4.78, 5) is 12.2. The van der Waals surface area contributed by atoms with Gasteiger partial charge in [-0.15, -0.1) is 0 Å². The average molecular weight is 358 g/mol. The van der Waals surface area contributed by atoms with Gasteiger partial charge in [-0.2, -0.15) is 5.10 Å². The van der Waals surface area contributed by atoms with Crippen molar-refractivity contribution in [2.45, 2.75) is 0 Å². The largest absolute Gasteiger partial charge is 0.455 e. The van der Waals surface area contributed by atoms with Gasteiger partial charge in [-0.05, 0) is 59.3 Å². The number of hydrogen-bond acceptors (Lipinski definition) is 3. The molecule has 0 radical (unpaired) electrons. The monoisotopic (exact) mass is 358 g/mol. The number of rotatable bonds is 4. The average Bonchev–Trinajstić information content (AvgIpc) is 3.17. The van der Waals surface area contributed by atoms with Crippen LogP contribution in [0.4, 0.5) is 4.39 Å². The van der Waals surface area contributed by atoms with E-state index in [1.807, 2.05) is 36.4 Å². The number of nitrogens with one attached hydrogen (secondary N) is 1. The maximum absolute atomic E-state index is 13.0. The summed E-state index contributed by atoms with van der Waals surface area (Å²) in [6, 6.07) is 22.8. The van der Waals surface area contributed by atoms with Crippen LogP contribution >= 0.6 is 0 Å². The summed E-state index contributed by atoms with van der Waals surface area (Å²) < 4.78 is 18.6. The Kier molecular flexibility index (Phi) is 4.49. The predicted molar refractivity (Wildman–Crippen MR) is 103 cm³/mol. The highest BCUT2D eigenvalue weighted by atomic mass is 19.1. The molecular formula is C22H15FN2O2. The Labute approximate surface area is 154 Å². The number of nitrogens with zero attached hydrogens (tertiary/aromatic N) is 1. The molecule has 0 unspecified atom stereocenters. The predicted octanol–water partition coefficient (Wildman–Crippen LogP) is 5.00. The number of carbonyl (C=O) groups is 1. The number of hydrogen-bond donors (Lipinski definition) is 1. The van der Waals surface area contributed by atoms with E-state index in [1.165, 1.54) is 18.3 Å². The zero-order valence-corrected chi connectivity index (χ0v) is 14.2. The van der Waals surface area contributed by atoms with Crippen LogP contribution in [0.15, 0.2) is 88.4 Å². The highest BCUT2D eigenvalue weighted by molar-refractivity contribution is 5.98. The van der Waals surface area contributed by atoms with Crippen molar-refractivity contribution in [3.05, 3.63) is 96.0 Å². The van der Waals surface area contributed by atoms with Crippen LogP contribution in [0.25, 0.3) is 22.1 Å². The van der Waals surface area contributed by atoms with Gasteiger partial charge in [0.2, 0.25) is 0 Å². The lowest BCUT2D eigenvalue weighted by Crippen LogP contribution is -2.17. The van der Waals surface area contributed by atoms with Crippen LogP contribution in [0.3, 0.4) is 0 Å². The molecule has 4 aromatic rings. The standard InChI is InChI=1S/C22H15FN2O2/c23-19-9-7-16(8-10-19)21-12-11-20(27-21)14-24-25-22(26)18-6-5-15-3-1-2-4-17(15)13-18/h1-14H,(H,25,26)/b24-14-. The number of carbonyl (C=O) groups excluding carboxylic acids is 1. The zero-order chi connectivity index (χ0) is 18.6. The van der Waals surface area contributed by atoms with Crippen molar-refractivity contribution in [3.8, 4) is 11.3 Å². The molecule has 0 aliphatic rings. The Hall–Kier alpha value is -3.73. The van der Waals surface area contributed by atoms with Crippen LogP contribution in [0.1, 0.15) is 16.1 Å². The molecule has 1 N–H and O–H groups in total. The lowest BCUT2D eigenvalue weighted by Gasteiger charge is -2.02. The van der Waals surface area contributed by atoms with Gasteiger partial charge in [-0.3, -0.25) is 4.79 Å². The molecule has 0 bridgehead atoms. The summed E-state index contributed by atoms with van der Waals surface area (Å²) in [5, 5.41) is 6.00. The van der Waals surface area contributed by atoms with Gasteiger partial charge in [0.1, 0.15) is 17.3 Å². The first kappa shape index (κ1) is 16.7. The molecule has 1 aromatic heterocycles. The molecule has 1 amide bonds. The van der Waals surface area contributed by atoms with E-state index in [2.05, 4.69) is 10.5 Å². The second kappa shape index (κ2) is 7.25. The van der Waals surface area contributed by atoms with E-state index in [0.717, 1.165) is 16.3 Å². The van der Waals surface area contributed by atoms with Crippen LogP contribution in [-0.2, 0) is 0 Å². The molecule has 0 spiro atoms. The third kappa shape index (κ3) is 3.77. The maximum atomic E-state index is 13.0. The van der Waals surface area contributed by atoms with E-state index in [9.17, 15) is 9.18 Å². The first-order valence-electron chi connectivity index (χ1n) is 8.37. The zero-order valence-electron chi connectivity index (χ0n) is 14.2. The molecule has 4 nitrogen and oxygen atoms in total. The molecule has 0 aliphatic heterocycles. The van der Waals surface area contributed by atoms with E-state index in [4.69, 9.17) is 4.42 Å². The SMILES string of the molecule is O=C(N/N=C\c1ccc(-c2ccc(F)cc2)o1)c1ccc2ccccc2c1. The van der Waals surface area contributed by atoms with Crippen LogP contribution in [0.2, 0.25) is 0 Å². The van der Waals surface area contributed by atoms with Gasteiger partial charge in [0, 0.05) is 11.1 Å². The highest BCUT2D eigenvalue weighted by Crippen LogP contribution is 2.21. The minimum absolute atomic E-state index is 0.302. The second-order valence-electron chi connectivity index (χ2n) is 5.97. The molecule has 3 aromatic carbocycles. The van der Waals surface area contributed by atoms with E-state index < -0.39 is 0 Å². The van der Waals surface area contributed by atoms with Gasteiger partial charge < -0.3 is 4.42 Å². The van der Waals surface area contributed by atoms with Crippen molar-refractivity contribution in [2.24, 2.45) is 5.10 Å². The number of hydrazone groups is 1. The van der Waals surface area contributed by atoms with Gasteiger partial charge >= 0.3 is 0 Å². The molecule has 1 heterocycles. The summed E-state index contributed by atoms with van der Waals surface area (Å²) in [5.41, 5.74) is 3.78. The summed E-state index contributed by atoms with van der Waals surface area (Å²) in [7, 11) is 0. The normalized spacial score (nSPS) is 11.1. The quantitative estimate of drug-likeness (QED) is 0.412. The van der Waals surface area contributed by atoms with Crippen LogP contribution < -0.4 is 5.43 Å². The van der Waals surface area contributed by atoms with E-state index in [0.29, 0.717) is 17.1 Å². The molecule has 5 heteroatoms. The van der Waals surface area contributed by atoms with Crippen LogP contribution in [0.5, 0.6) is 0 Å². The fraction of sp³-hybridized carbons (Fsp3) is 0. The van der Waals surface area contributed by atoms with E-state index in [-0.39, 0.29) is 11.7 Å². The van der Waals surface area contributed by atoms with Crippen molar-refractivity contribution in [2.75, 3.05) is 0 Å². The molecular weight excluding hydrogens is 343 g/mol. The minimum atomic E-state index is -0.303. The second-order valence-corrected chi connectivity index (χ2v) is 5.97. The van der Waals surface area contributed by atoms with Gasteiger partial charge in [0.05, 0.1) is 6.21 Å². The number of furan rings is 1. The Morgan fingerprint density at radius 3 is 2.52 bits per heavy atom. The number of fused-ring (bicyclic) bond motifs is 1. The molecule has 27 heavy (non-hydrogen) atoms. The fourth-order valence-corrected chi connectivity index (χ4v) is 2.74. The summed E-state index contributed by atoms with van der Waals surface area (Å²) in [6.07, 6.45) is 1.42. The molecule has 4 rings (SSSR count). The van der Waals surface area contributed by atoms with Crippen molar-refractivity contribution in [3.63, 3.8) is 0 Å². The minimum Gasteiger partial charge on any atom is -0.455 e. The lowest BCUT2D eigenvalue weighted by molar-refractivity contribution is 0.0955. The molecule has 0 fully saturated rings. The van der Waals surface area contributed by atoms with Gasteiger partial charge in [0.15, 0.2) is 0 Å².